The quantitative estimate of drug-likeness (QED) is 0.308. The van der Waals surface area contributed by atoms with Crippen LogP contribution < -0.4 is 4.74 Å². The molecule has 158 valence electrons. The van der Waals surface area contributed by atoms with E-state index in [-0.39, 0.29) is 29.5 Å². The fourth-order valence-corrected chi connectivity index (χ4v) is 6.16. The Morgan fingerprint density at radius 1 is 1.28 bits per heavy atom. The van der Waals surface area contributed by atoms with Gasteiger partial charge >= 0.3 is 7.12 Å². The van der Waals surface area contributed by atoms with Gasteiger partial charge in [0, 0.05) is 5.92 Å². The fraction of sp³-hybridized carbons (Fsp3) is 0.652. The average Bonchev–Trinajstić information content (AvgIpc) is 3.08. The smallest absolute Gasteiger partial charge is 0.472 e. The van der Waals surface area contributed by atoms with E-state index in [1.807, 2.05) is 30.3 Å². The molecule has 4 fully saturated rings. The summed E-state index contributed by atoms with van der Waals surface area (Å²) in [7, 11) is 1.40. The van der Waals surface area contributed by atoms with E-state index in [2.05, 4.69) is 43.3 Å². The second-order valence-corrected chi connectivity index (χ2v) is 10.6. The predicted octanol–water partition coefficient (Wildman–Crippen LogP) is 5.05. The van der Waals surface area contributed by atoms with Crippen molar-refractivity contribution in [1.82, 2.24) is 0 Å². The minimum Gasteiger partial charge on any atom is -0.497 e. The van der Waals surface area contributed by atoms with Gasteiger partial charge in [-0.25, -0.2) is 0 Å². The molecule has 0 radical (unpaired) electrons. The number of methoxy groups -OCH3 is 1. The molecule has 0 N–H and O–H groups in total. The highest BCUT2D eigenvalue weighted by atomic mass is 79.9. The SMILES string of the molecule is C=CC(COCc1ccc(OC)cc1)C(Br)B1O[C@@H]2C[C@@H]3C[C@@H](C3(C)C)[C@]2(C)O1. The molecular weight excluding hydrogens is 431 g/mol. The lowest BCUT2D eigenvalue weighted by atomic mass is 9.43. The van der Waals surface area contributed by atoms with Crippen molar-refractivity contribution in [2.45, 2.75) is 56.7 Å². The minimum atomic E-state index is -0.271. The first-order chi connectivity index (χ1) is 13.8. The molecule has 29 heavy (non-hydrogen) atoms. The largest absolute Gasteiger partial charge is 0.497 e. The topological polar surface area (TPSA) is 36.9 Å². The molecule has 0 spiro atoms. The number of benzene rings is 1. The highest BCUT2D eigenvalue weighted by Gasteiger charge is 2.68. The first kappa shape index (κ1) is 21.4. The van der Waals surface area contributed by atoms with Crippen LogP contribution >= 0.6 is 15.9 Å². The van der Waals surface area contributed by atoms with Gasteiger partial charge in [0.25, 0.3) is 0 Å². The summed E-state index contributed by atoms with van der Waals surface area (Å²) in [5, 5.41) is 0. The Hall–Kier alpha value is -0.815. The molecular formula is C23H32BBrO4. The standard InChI is InChI=1S/C23H32BBrO4/c1-6-16(14-27-13-15-7-9-18(26-5)10-8-15)21(25)24-28-20-12-17-11-19(22(17,2)3)23(20,4)29-24/h6-10,16-17,19-21H,1,11-14H2,2-5H3/t16?,17-,19-,20+,21?,23-/m0/s1. The van der Waals surface area contributed by atoms with Crippen molar-refractivity contribution >= 4 is 23.0 Å². The van der Waals surface area contributed by atoms with Crippen LogP contribution in [0.3, 0.4) is 0 Å². The third kappa shape index (κ3) is 3.71. The maximum Gasteiger partial charge on any atom is 0.472 e. The zero-order chi connectivity index (χ0) is 20.8. The Bertz CT molecular complexity index is 739. The van der Waals surface area contributed by atoms with Crippen LogP contribution in [0.1, 0.15) is 39.2 Å². The molecule has 0 amide bonds. The van der Waals surface area contributed by atoms with E-state index in [4.69, 9.17) is 18.8 Å². The van der Waals surface area contributed by atoms with E-state index in [0.717, 1.165) is 23.7 Å². The number of hydrogen-bond donors (Lipinski definition) is 0. The molecule has 2 bridgehead atoms. The third-order valence-corrected chi connectivity index (χ3v) is 8.79. The molecule has 1 aliphatic heterocycles. The van der Waals surface area contributed by atoms with Crippen LogP contribution in [-0.2, 0) is 20.7 Å². The Kier molecular flexibility index (Phi) is 5.93. The van der Waals surface area contributed by atoms with Crippen molar-refractivity contribution in [3.8, 4) is 5.75 Å². The molecule has 3 saturated carbocycles. The van der Waals surface area contributed by atoms with Gasteiger partial charge in [-0.3, -0.25) is 0 Å². The molecule has 1 heterocycles. The number of rotatable bonds is 8. The predicted molar refractivity (Wildman–Crippen MR) is 119 cm³/mol. The van der Waals surface area contributed by atoms with Gasteiger partial charge in [0.2, 0.25) is 0 Å². The van der Waals surface area contributed by atoms with E-state index in [1.54, 1.807) is 7.11 Å². The summed E-state index contributed by atoms with van der Waals surface area (Å²) in [6, 6.07) is 7.95. The number of hydrogen-bond acceptors (Lipinski definition) is 4. The fourth-order valence-electron chi connectivity index (χ4n) is 5.56. The molecule has 4 aliphatic rings. The van der Waals surface area contributed by atoms with Crippen LogP contribution in [0, 0.1) is 23.2 Å². The number of halogens is 1. The molecule has 4 nitrogen and oxygen atoms in total. The summed E-state index contributed by atoms with van der Waals surface area (Å²) >= 11 is 3.84. The van der Waals surface area contributed by atoms with Gasteiger partial charge in [-0.1, -0.05) is 48.0 Å². The zero-order valence-electron chi connectivity index (χ0n) is 17.9. The van der Waals surface area contributed by atoms with Crippen LogP contribution in [0.4, 0.5) is 0 Å². The van der Waals surface area contributed by atoms with Gasteiger partial charge in [-0.2, -0.15) is 0 Å². The lowest BCUT2D eigenvalue weighted by Gasteiger charge is -2.64. The summed E-state index contributed by atoms with van der Waals surface area (Å²) in [5.74, 6) is 2.27. The Labute approximate surface area is 183 Å². The number of ether oxygens (including phenoxy) is 2. The van der Waals surface area contributed by atoms with Crippen LogP contribution in [0.25, 0.3) is 0 Å². The molecule has 1 saturated heterocycles. The van der Waals surface area contributed by atoms with Crippen molar-refractivity contribution in [1.29, 1.82) is 0 Å². The van der Waals surface area contributed by atoms with Gasteiger partial charge in [-0.15, -0.1) is 6.58 Å². The van der Waals surface area contributed by atoms with E-state index >= 15 is 0 Å². The van der Waals surface area contributed by atoms with E-state index in [1.165, 1.54) is 6.42 Å². The van der Waals surface area contributed by atoms with Crippen LogP contribution in [0.2, 0.25) is 0 Å². The highest BCUT2D eigenvalue weighted by molar-refractivity contribution is 9.10. The van der Waals surface area contributed by atoms with Gasteiger partial charge in [0.05, 0.1) is 36.8 Å². The maximum atomic E-state index is 6.59. The lowest BCUT2D eigenvalue weighted by Crippen LogP contribution is -2.65. The van der Waals surface area contributed by atoms with Crippen LogP contribution in [-0.4, -0.2) is 37.3 Å². The maximum absolute atomic E-state index is 6.59. The van der Waals surface area contributed by atoms with Gasteiger partial charge in [0.15, 0.2) is 0 Å². The van der Waals surface area contributed by atoms with Crippen LogP contribution in [0.5, 0.6) is 5.75 Å². The van der Waals surface area contributed by atoms with Crippen molar-refractivity contribution in [3.05, 3.63) is 42.5 Å². The van der Waals surface area contributed by atoms with E-state index in [9.17, 15) is 0 Å². The minimum absolute atomic E-state index is 0.0126. The number of alkyl halides is 1. The molecule has 1 aromatic rings. The second kappa shape index (κ2) is 8.03. The Morgan fingerprint density at radius 3 is 2.62 bits per heavy atom. The first-order valence-corrected chi connectivity index (χ1v) is 11.5. The summed E-state index contributed by atoms with van der Waals surface area (Å²) in [6.07, 6.45) is 4.49. The van der Waals surface area contributed by atoms with E-state index < -0.39 is 0 Å². The zero-order valence-corrected chi connectivity index (χ0v) is 19.5. The first-order valence-electron chi connectivity index (χ1n) is 10.6. The molecule has 6 heteroatoms. The van der Waals surface area contributed by atoms with Gasteiger partial charge < -0.3 is 18.8 Å². The molecule has 6 atom stereocenters. The Morgan fingerprint density at radius 2 is 2.00 bits per heavy atom. The van der Waals surface area contributed by atoms with Crippen molar-refractivity contribution in [3.63, 3.8) is 0 Å². The Balaban J connectivity index is 1.33. The van der Waals surface area contributed by atoms with Gasteiger partial charge in [-0.05, 0) is 54.7 Å². The second-order valence-electron chi connectivity index (χ2n) is 9.54. The summed E-state index contributed by atoms with van der Waals surface area (Å²) in [4.78, 5) is 0. The highest BCUT2D eigenvalue weighted by Crippen LogP contribution is 2.66. The van der Waals surface area contributed by atoms with Crippen LogP contribution in [0.15, 0.2) is 36.9 Å². The summed E-state index contributed by atoms with van der Waals surface area (Å²) in [5.41, 5.74) is 1.28. The van der Waals surface area contributed by atoms with E-state index in [0.29, 0.717) is 24.5 Å². The van der Waals surface area contributed by atoms with Gasteiger partial charge in [0.1, 0.15) is 5.75 Å². The molecule has 1 aromatic carbocycles. The summed E-state index contributed by atoms with van der Waals surface area (Å²) < 4.78 is 24.2. The summed E-state index contributed by atoms with van der Waals surface area (Å²) in [6.45, 7) is 12.2. The van der Waals surface area contributed by atoms with Crippen molar-refractivity contribution < 1.29 is 18.8 Å². The van der Waals surface area contributed by atoms with Crippen molar-refractivity contribution in [2.24, 2.45) is 23.2 Å². The van der Waals surface area contributed by atoms with Crippen molar-refractivity contribution in [2.75, 3.05) is 13.7 Å². The average molecular weight is 463 g/mol. The molecule has 3 aliphatic carbocycles. The molecule has 0 aromatic heterocycles. The molecule has 5 rings (SSSR count). The molecule has 2 unspecified atom stereocenters. The monoisotopic (exact) mass is 462 g/mol. The normalized spacial score (nSPS) is 34.1. The lowest BCUT2D eigenvalue weighted by molar-refractivity contribution is -0.199. The third-order valence-electron chi connectivity index (χ3n) is 7.68.